The number of carbonyl (C=O) groups excluding carboxylic acids is 1. The Morgan fingerprint density at radius 1 is 0.488 bits per heavy atom. The van der Waals surface area contributed by atoms with E-state index in [-0.39, 0.29) is 18.5 Å². The number of rotatable bonds is 35. The number of unbranched alkanes of at least 4 members (excludes halogenated alkanes) is 24. The van der Waals surface area contributed by atoms with Crippen LogP contribution >= 0.6 is 0 Å². The molecule has 0 aromatic carbocycles. The fourth-order valence-electron chi connectivity index (χ4n) is 5.88. The zero-order chi connectivity index (χ0) is 31.5. The van der Waals surface area contributed by atoms with E-state index in [1.54, 1.807) is 0 Å². The summed E-state index contributed by atoms with van der Waals surface area (Å²) in [6.07, 6.45) is 42.3. The molecule has 0 aromatic heterocycles. The molecule has 0 bridgehead atoms. The Kier molecular flexibility index (Phi) is 34.1. The summed E-state index contributed by atoms with van der Waals surface area (Å²) in [6, 6.07) is 0. The first-order chi connectivity index (χ1) is 21.1. The van der Waals surface area contributed by atoms with Gasteiger partial charge in [-0.25, -0.2) is 0 Å². The molecule has 0 aliphatic heterocycles. The molecule has 0 aliphatic carbocycles. The molecule has 0 fully saturated rings. The highest BCUT2D eigenvalue weighted by molar-refractivity contribution is 5.69. The highest BCUT2D eigenvalue weighted by atomic mass is 16.5. The summed E-state index contributed by atoms with van der Waals surface area (Å²) in [5.41, 5.74) is 0. The van der Waals surface area contributed by atoms with Crippen LogP contribution in [0.25, 0.3) is 0 Å². The molecule has 4 heteroatoms. The van der Waals surface area contributed by atoms with Gasteiger partial charge in [-0.3, -0.25) is 9.59 Å². The molecule has 0 aromatic rings. The maximum Gasteiger partial charge on any atom is 0.306 e. The highest BCUT2D eigenvalue weighted by Crippen LogP contribution is 2.18. The van der Waals surface area contributed by atoms with Crippen molar-refractivity contribution in [2.45, 2.75) is 225 Å². The summed E-state index contributed by atoms with van der Waals surface area (Å²) in [6.45, 7) is 4.52. The largest absolute Gasteiger partial charge is 0.481 e. The van der Waals surface area contributed by atoms with Gasteiger partial charge in [0.25, 0.3) is 0 Å². The van der Waals surface area contributed by atoms with Gasteiger partial charge in [0.2, 0.25) is 0 Å². The fraction of sp³-hybridized carbons (Fsp3) is 0.897. The van der Waals surface area contributed by atoms with Crippen molar-refractivity contribution in [1.29, 1.82) is 0 Å². The molecular formula is C39H74O4. The number of ether oxygens (including phenoxy) is 1. The lowest BCUT2D eigenvalue weighted by atomic mass is 10.0. The van der Waals surface area contributed by atoms with Crippen LogP contribution in [0.5, 0.6) is 0 Å². The first-order valence-electron chi connectivity index (χ1n) is 19.2. The molecule has 1 N–H and O–H groups in total. The zero-order valence-corrected chi connectivity index (χ0v) is 29.0. The molecular weight excluding hydrogens is 532 g/mol. The molecule has 0 saturated heterocycles. The van der Waals surface area contributed by atoms with Crippen molar-refractivity contribution in [2.75, 3.05) is 0 Å². The van der Waals surface area contributed by atoms with Crippen LogP contribution in [0.4, 0.5) is 0 Å². The number of aliphatic carboxylic acids is 1. The second kappa shape index (κ2) is 35.2. The minimum Gasteiger partial charge on any atom is -0.481 e. The topological polar surface area (TPSA) is 63.6 Å². The van der Waals surface area contributed by atoms with Gasteiger partial charge < -0.3 is 9.84 Å². The lowest BCUT2D eigenvalue weighted by molar-refractivity contribution is -0.150. The molecule has 0 spiro atoms. The Morgan fingerprint density at radius 3 is 1.37 bits per heavy atom. The van der Waals surface area contributed by atoms with Crippen molar-refractivity contribution in [3.63, 3.8) is 0 Å². The lowest BCUT2D eigenvalue weighted by Crippen LogP contribution is -2.18. The number of hydrogen-bond donors (Lipinski definition) is 1. The number of esters is 1. The quantitative estimate of drug-likeness (QED) is 0.0443. The molecule has 43 heavy (non-hydrogen) atoms. The Bertz CT molecular complexity index is 614. The number of allylic oxidation sites excluding steroid dienone is 2. The summed E-state index contributed by atoms with van der Waals surface area (Å²) in [5, 5.41) is 9.01. The smallest absolute Gasteiger partial charge is 0.306 e. The summed E-state index contributed by atoms with van der Waals surface area (Å²) in [4.78, 5) is 23.4. The third kappa shape index (κ3) is 35.0. The average Bonchev–Trinajstić information content (AvgIpc) is 2.99. The van der Waals surface area contributed by atoms with Crippen LogP contribution in [-0.4, -0.2) is 23.1 Å². The predicted octanol–water partition coefficient (Wildman–Crippen LogP) is 13.1. The first-order valence-corrected chi connectivity index (χ1v) is 19.2. The van der Waals surface area contributed by atoms with Gasteiger partial charge in [-0.1, -0.05) is 167 Å². The van der Waals surface area contributed by atoms with E-state index in [4.69, 9.17) is 9.84 Å². The van der Waals surface area contributed by atoms with E-state index in [0.717, 1.165) is 25.7 Å². The Hall–Kier alpha value is -1.32. The normalized spacial score (nSPS) is 12.2. The van der Waals surface area contributed by atoms with Gasteiger partial charge in [0, 0.05) is 12.8 Å². The number of carbonyl (C=O) groups is 2. The summed E-state index contributed by atoms with van der Waals surface area (Å²) < 4.78 is 5.82. The molecule has 254 valence electrons. The van der Waals surface area contributed by atoms with E-state index >= 15 is 0 Å². The van der Waals surface area contributed by atoms with Crippen LogP contribution in [-0.2, 0) is 14.3 Å². The van der Waals surface area contributed by atoms with E-state index in [1.165, 1.54) is 154 Å². The van der Waals surface area contributed by atoms with Gasteiger partial charge >= 0.3 is 11.9 Å². The number of hydrogen-bond acceptors (Lipinski definition) is 3. The number of carboxylic acid groups (broad SMARTS) is 1. The van der Waals surface area contributed by atoms with Gasteiger partial charge in [-0.05, 0) is 51.4 Å². The summed E-state index contributed by atoms with van der Waals surface area (Å²) in [5.74, 6) is -0.861. The molecule has 0 saturated carbocycles. The molecule has 0 amide bonds. The second-order valence-corrected chi connectivity index (χ2v) is 13.1. The Labute approximate surface area is 268 Å². The molecule has 0 radical (unpaired) electrons. The standard InChI is InChI=1S/C39H74O4/c1-3-5-7-9-11-13-15-17-18-19-20-21-22-24-26-28-30-33-37(34-32-35-38(40)41)43-39(42)36-31-29-27-25-23-16-14-12-10-8-6-4-2/h10,12,37H,3-9,11,13-36H2,1-2H3,(H,40,41)/b12-10-. The third-order valence-electron chi connectivity index (χ3n) is 8.74. The van der Waals surface area contributed by atoms with E-state index in [9.17, 15) is 9.59 Å². The van der Waals surface area contributed by atoms with Gasteiger partial charge in [0.1, 0.15) is 6.10 Å². The van der Waals surface area contributed by atoms with Crippen LogP contribution in [0, 0.1) is 0 Å². The monoisotopic (exact) mass is 607 g/mol. The maximum atomic E-state index is 12.5. The minimum absolute atomic E-state index is 0.0930. The van der Waals surface area contributed by atoms with Crippen molar-refractivity contribution >= 4 is 11.9 Å². The fourth-order valence-corrected chi connectivity index (χ4v) is 5.88. The zero-order valence-electron chi connectivity index (χ0n) is 29.0. The van der Waals surface area contributed by atoms with Crippen molar-refractivity contribution in [3.05, 3.63) is 12.2 Å². The Morgan fingerprint density at radius 2 is 0.884 bits per heavy atom. The summed E-state index contributed by atoms with van der Waals surface area (Å²) >= 11 is 0. The average molecular weight is 607 g/mol. The van der Waals surface area contributed by atoms with E-state index in [1.807, 2.05) is 0 Å². The molecule has 0 rings (SSSR count). The Balaban J connectivity index is 3.79. The van der Waals surface area contributed by atoms with Crippen molar-refractivity contribution in [1.82, 2.24) is 0 Å². The van der Waals surface area contributed by atoms with Gasteiger partial charge in [-0.15, -0.1) is 0 Å². The SMILES string of the molecule is CCCC/C=C\CCCCCCCCC(=O)OC(CCCCCCCCCCCCCCCCCCC)CCCC(=O)O. The van der Waals surface area contributed by atoms with Crippen LogP contribution in [0.3, 0.4) is 0 Å². The van der Waals surface area contributed by atoms with Crippen molar-refractivity contribution < 1.29 is 19.4 Å². The molecule has 4 nitrogen and oxygen atoms in total. The van der Waals surface area contributed by atoms with Gasteiger partial charge in [-0.2, -0.15) is 0 Å². The summed E-state index contributed by atoms with van der Waals surface area (Å²) in [7, 11) is 0. The van der Waals surface area contributed by atoms with Crippen molar-refractivity contribution in [2.24, 2.45) is 0 Å². The number of carboxylic acids is 1. The molecule has 1 atom stereocenters. The van der Waals surface area contributed by atoms with E-state index < -0.39 is 5.97 Å². The van der Waals surface area contributed by atoms with Gasteiger partial charge in [0.15, 0.2) is 0 Å². The van der Waals surface area contributed by atoms with Gasteiger partial charge in [0.05, 0.1) is 0 Å². The van der Waals surface area contributed by atoms with Crippen LogP contribution in [0.1, 0.15) is 219 Å². The molecule has 0 heterocycles. The van der Waals surface area contributed by atoms with Crippen molar-refractivity contribution in [3.8, 4) is 0 Å². The lowest BCUT2D eigenvalue weighted by Gasteiger charge is -2.18. The minimum atomic E-state index is -0.768. The van der Waals surface area contributed by atoms with E-state index in [0.29, 0.717) is 19.3 Å². The predicted molar refractivity (Wildman–Crippen MR) is 186 cm³/mol. The highest BCUT2D eigenvalue weighted by Gasteiger charge is 2.15. The second-order valence-electron chi connectivity index (χ2n) is 13.1. The molecule has 1 unspecified atom stereocenters. The van der Waals surface area contributed by atoms with Crippen LogP contribution in [0.2, 0.25) is 0 Å². The first kappa shape index (κ1) is 41.7. The van der Waals surface area contributed by atoms with Crippen LogP contribution in [0.15, 0.2) is 12.2 Å². The molecule has 0 aliphatic rings. The van der Waals surface area contributed by atoms with Crippen LogP contribution < -0.4 is 0 Å². The third-order valence-corrected chi connectivity index (χ3v) is 8.74. The maximum absolute atomic E-state index is 12.5. The van der Waals surface area contributed by atoms with E-state index in [2.05, 4.69) is 26.0 Å².